The van der Waals surface area contributed by atoms with Gasteiger partial charge in [-0.1, -0.05) is 13.8 Å². The number of nitrogens with two attached hydrogens (primary N) is 1. The Morgan fingerprint density at radius 2 is 2.11 bits per heavy atom. The molecule has 0 aromatic heterocycles. The van der Waals surface area contributed by atoms with Gasteiger partial charge in [-0.25, -0.2) is 0 Å². The molecule has 2 fully saturated rings. The highest BCUT2D eigenvalue weighted by Gasteiger charge is 2.58. The van der Waals surface area contributed by atoms with Crippen molar-refractivity contribution in [2.45, 2.75) is 57.7 Å². The minimum atomic E-state index is -0.168. The van der Waals surface area contributed by atoms with Crippen molar-refractivity contribution in [2.24, 2.45) is 11.1 Å². The third-order valence-electron chi connectivity index (χ3n) is 5.06. The van der Waals surface area contributed by atoms with Crippen molar-refractivity contribution < 1.29 is 9.47 Å². The summed E-state index contributed by atoms with van der Waals surface area (Å²) in [4.78, 5) is 0. The van der Waals surface area contributed by atoms with Crippen molar-refractivity contribution in [3.8, 4) is 0 Å². The normalized spacial score (nSPS) is 42.8. The molecule has 1 aliphatic carbocycles. The van der Waals surface area contributed by atoms with Gasteiger partial charge in [0.2, 0.25) is 0 Å². The van der Waals surface area contributed by atoms with Crippen LogP contribution < -0.4 is 11.1 Å². The highest BCUT2D eigenvalue weighted by atomic mass is 16.5. The zero-order chi connectivity index (χ0) is 13.4. The van der Waals surface area contributed by atoms with Crippen LogP contribution in [0.2, 0.25) is 0 Å². The van der Waals surface area contributed by atoms with Gasteiger partial charge >= 0.3 is 0 Å². The first kappa shape index (κ1) is 14.3. The molecule has 4 heteroatoms. The Balaban J connectivity index is 1.89. The molecule has 3 atom stereocenters. The Morgan fingerprint density at radius 3 is 2.61 bits per heavy atom. The van der Waals surface area contributed by atoms with Crippen molar-refractivity contribution >= 4 is 0 Å². The molecule has 1 saturated carbocycles. The first-order valence-electron chi connectivity index (χ1n) is 7.06. The van der Waals surface area contributed by atoms with Crippen LogP contribution in [-0.2, 0) is 9.47 Å². The molecule has 2 aliphatic rings. The average molecular weight is 256 g/mol. The van der Waals surface area contributed by atoms with Gasteiger partial charge in [0.15, 0.2) is 0 Å². The minimum absolute atomic E-state index is 0.0336. The van der Waals surface area contributed by atoms with Crippen molar-refractivity contribution in [3.63, 3.8) is 0 Å². The molecular weight excluding hydrogens is 228 g/mol. The maximum absolute atomic E-state index is 6.55. The van der Waals surface area contributed by atoms with Crippen molar-refractivity contribution in [2.75, 3.05) is 26.4 Å². The number of rotatable bonds is 5. The number of hydrogen-bond donors (Lipinski definition) is 2. The van der Waals surface area contributed by atoms with Gasteiger partial charge in [-0.15, -0.1) is 0 Å². The van der Waals surface area contributed by atoms with Crippen molar-refractivity contribution in [1.29, 1.82) is 0 Å². The maximum Gasteiger partial charge on any atom is 0.0662 e. The van der Waals surface area contributed by atoms with Gasteiger partial charge in [-0.2, -0.15) is 0 Å². The van der Waals surface area contributed by atoms with Crippen LogP contribution in [0.25, 0.3) is 0 Å². The quantitative estimate of drug-likeness (QED) is 0.778. The molecular formula is C14H28N2O2. The van der Waals surface area contributed by atoms with Crippen LogP contribution in [0.1, 0.15) is 40.5 Å². The summed E-state index contributed by atoms with van der Waals surface area (Å²) in [6.45, 7) is 11.9. The molecule has 0 aromatic carbocycles. The Hall–Kier alpha value is -0.160. The van der Waals surface area contributed by atoms with Gasteiger partial charge in [-0.3, -0.25) is 0 Å². The van der Waals surface area contributed by atoms with Gasteiger partial charge in [0.05, 0.1) is 12.7 Å². The van der Waals surface area contributed by atoms with Gasteiger partial charge < -0.3 is 20.5 Å². The summed E-state index contributed by atoms with van der Waals surface area (Å²) in [6, 6.07) is 0. The molecule has 1 saturated heterocycles. The lowest BCUT2D eigenvalue weighted by molar-refractivity contribution is -0.149. The summed E-state index contributed by atoms with van der Waals surface area (Å²) in [5, 5.41) is 3.61. The average Bonchev–Trinajstić information content (AvgIpc) is 2.74. The molecule has 3 unspecified atom stereocenters. The predicted octanol–water partition coefficient (Wildman–Crippen LogP) is 1.29. The standard InChI is InChI=1S/C14H28N2O2/c1-5-18-11-8-14(15,12(11,2)3)9-16-13(4)6-7-17-10-13/h11,16H,5-10,15H2,1-4H3. The van der Waals surface area contributed by atoms with Crippen molar-refractivity contribution in [1.82, 2.24) is 5.32 Å². The van der Waals surface area contributed by atoms with Crippen LogP contribution in [0.5, 0.6) is 0 Å². The van der Waals surface area contributed by atoms with E-state index < -0.39 is 0 Å². The highest BCUT2D eigenvalue weighted by Crippen LogP contribution is 2.49. The third-order valence-corrected chi connectivity index (χ3v) is 5.06. The van der Waals surface area contributed by atoms with E-state index in [9.17, 15) is 0 Å². The molecule has 1 aliphatic heterocycles. The molecule has 18 heavy (non-hydrogen) atoms. The van der Waals surface area contributed by atoms with E-state index in [0.29, 0.717) is 6.10 Å². The van der Waals surface area contributed by atoms with Gasteiger partial charge in [0.1, 0.15) is 0 Å². The monoisotopic (exact) mass is 256 g/mol. The number of ether oxygens (including phenoxy) is 2. The maximum atomic E-state index is 6.55. The fraction of sp³-hybridized carbons (Fsp3) is 1.00. The molecule has 0 bridgehead atoms. The molecule has 4 nitrogen and oxygen atoms in total. The van der Waals surface area contributed by atoms with E-state index in [2.05, 4.69) is 26.1 Å². The Kier molecular flexibility index (Phi) is 3.76. The van der Waals surface area contributed by atoms with Gasteiger partial charge in [-0.05, 0) is 26.7 Å². The van der Waals surface area contributed by atoms with E-state index in [1.54, 1.807) is 0 Å². The Labute approximate surface area is 111 Å². The van der Waals surface area contributed by atoms with E-state index in [4.69, 9.17) is 15.2 Å². The van der Waals surface area contributed by atoms with Gasteiger partial charge in [0, 0.05) is 36.3 Å². The molecule has 0 aromatic rings. The molecule has 3 N–H and O–H groups in total. The van der Waals surface area contributed by atoms with Crippen LogP contribution in [0, 0.1) is 5.41 Å². The fourth-order valence-electron chi connectivity index (χ4n) is 2.98. The largest absolute Gasteiger partial charge is 0.379 e. The van der Waals surface area contributed by atoms with Crippen molar-refractivity contribution in [3.05, 3.63) is 0 Å². The second-order valence-electron chi connectivity index (χ2n) is 6.74. The van der Waals surface area contributed by atoms with E-state index >= 15 is 0 Å². The molecule has 2 rings (SSSR count). The predicted molar refractivity (Wildman–Crippen MR) is 72.6 cm³/mol. The second kappa shape index (κ2) is 4.75. The molecule has 0 radical (unpaired) electrons. The first-order chi connectivity index (χ1) is 8.33. The zero-order valence-corrected chi connectivity index (χ0v) is 12.2. The first-order valence-corrected chi connectivity index (χ1v) is 7.06. The summed E-state index contributed by atoms with van der Waals surface area (Å²) >= 11 is 0. The summed E-state index contributed by atoms with van der Waals surface area (Å²) < 4.78 is 11.2. The lowest BCUT2D eigenvalue weighted by Crippen LogP contribution is -2.74. The molecule has 0 amide bonds. The molecule has 106 valence electrons. The van der Waals surface area contributed by atoms with Crippen LogP contribution >= 0.6 is 0 Å². The smallest absolute Gasteiger partial charge is 0.0662 e. The Bertz CT molecular complexity index is 300. The summed E-state index contributed by atoms with van der Waals surface area (Å²) in [7, 11) is 0. The lowest BCUT2D eigenvalue weighted by Gasteiger charge is -2.59. The number of nitrogens with one attached hydrogen (secondary N) is 1. The topological polar surface area (TPSA) is 56.5 Å². The molecule has 0 spiro atoms. The zero-order valence-electron chi connectivity index (χ0n) is 12.2. The van der Waals surface area contributed by atoms with Crippen LogP contribution in [0.4, 0.5) is 0 Å². The van der Waals surface area contributed by atoms with E-state index in [-0.39, 0.29) is 16.5 Å². The van der Waals surface area contributed by atoms with E-state index in [1.165, 1.54) is 0 Å². The fourth-order valence-corrected chi connectivity index (χ4v) is 2.98. The van der Waals surface area contributed by atoms with Gasteiger partial charge in [0.25, 0.3) is 0 Å². The SMILES string of the molecule is CCOC1CC(N)(CNC2(C)CCOC2)C1(C)C. The number of hydrogen-bond acceptors (Lipinski definition) is 4. The van der Waals surface area contributed by atoms with E-state index in [0.717, 1.165) is 39.2 Å². The second-order valence-corrected chi connectivity index (χ2v) is 6.74. The molecule has 1 heterocycles. The van der Waals surface area contributed by atoms with E-state index in [1.807, 2.05) is 6.92 Å². The summed E-state index contributed by atoms with van der Waals surface area (Å²) in [5.74, 6) is 0. The van der Waals surface area contributed by atoms with Crippen LogP contribution in [-0.4, -0.2) is 43.5 Å². The highest BCUT2D eigenvalue weighted by molar-refractivity contribution is 5.15. The van der Waals surface area contributed by atoms with Crippen LogP contribution in [0.15, 0.2) is 0 Å². The van der Waals surface area contributed by atoms with Crippen LogP contribution in [0.3, 0.4) is 0 Å². The summed E-state index contributed by atoms with van der Waals surface area (Å²) in [5.41, 5.74) is 6.52. The minimum Gasteiger partial charge on any atom is -0.379 e. The third kappa shape index (κ3) is 2.31. The lowest BCUT2D eigenvalue weighted by atomic mass is 9.54. The summed E-state index contributed by atoms with van der Waals surface area (Å²) in [6.07, 6.45) is 2.30. The Morgan fingerprint density at radius 1 is 1.39 bits per heavy atom.